The molecule has 148 valence electrons. The second-order valence-electron chi connectivity index (χ2n) is 7.57. The first-order chi connectivity index (χ1) is 13.5. The highest BCUT2D eigenvalue weighted by atomic mass is 32.2. The molecule has 1 atom stereocenters. The van der Waals surface area contributed by atoms with E-state index in [-0.39, 0.29) is 11.8 Å². The van der Waals surface area contributed by atoms with Crippen molar-refractivity contribution in [2.75, 3.05) is 39.4 Å². The van der Waals surface area contributed by atoms with Gasteiger partial charge in [0.05, 0.1) is 33.1 Å². The van der Waals surface area contributed by atoms with E-state index in [9.17, 15) is 13.2 Å². The molecule has 0 radical (unpaired) electrons. The highest BCUT2D eigenvalue weighted by molar-refractivity contribution is 7.89. The predicted octanol–water partition coefficient (Wildman–Crippen LogP) is 1.87. The van der Waals surface area contributed by atoms with Gasteiger partial charge in [-0.3, -0.25) is 4.79 Å². The minimum absolute atomic E-state index is 0.0558. The van der Waals surface area contributed by atoms with Crippen LogP contribution in [0.4, 0.5) is 0 Å². The van der Waals surface area contributed by atoms with Crippen LogP contribution in [0.1, 0.15) is 12.8 Å². The van der Waals surface area contributed by atoms with Crippen molar-refractivity contribution < 1.29 is 17.9 Å². The summed E-state index contributed by atoms with van der Waals surface area (Å²) in [6.45, 7) is 3.03. The van der Waals surface area contributed by atoms with Crippen molar-refractivity contribution in [1.29, 1.82) is 0 Å². The molecule has 0 spiro atoms. The Morgan fingerprint density at radius 1 is 1.18 bits per heavy atom. The molecule has 3 aliphatic heterocycles. The van der Waals surface area contributed by atoms with Crippen molar-refractivity contribution in [3.8, 4) is 0 Å². The average Bonchev–Trinajstić information content (AvgIpc) is 3.41. The van der Waals surface area contributed by atoms with Gasteiger partial charge in [0.15, 0.2) is 0 Å². The number of hydrogen-bond acceptors (Lipinski definition) is 6. The van der Waals surface area contributed by atoms with Gasteiger partial charge in [-0.15, -0.1) is 11.3 Å². The topological polar surface area (TPSA) is 79.8 Å². The van der Waals surface area contributed by atoms with Crippen LogP contribution >= 0.6 is 11.3 Å². The summed E-state index contributed by atoms with van der Waals surface area (Å²) in [7, 11) is -3.56. The van der Waals surface area contributed by atoms with E-state index in [1.165, 1.54) is 15.6 Å². The van der Waals surface area contributed by atoms with Crippen LogP contribution in [-0.2, 0) is 19.6 Å². The summed E-state index contributed by atoms with van der Waals surface area (Å²) < 4.78 is 34.0. The molecule has 0 bridgehead atoms. The largest absolute Gasteiger partial charge is 0.381 e. The Labute approximate surface area is 167 Å². The summed E-state index contributed by atoms with van der Waals surface area (Å²) in [6, 6.07) is 5.08. The van der Waals surface area contributed by atoms with Crippen LogP contribution < -0.4 is 0 Å². The predicted molar refractivity (Wildman–Crippen MR) is 106 cm³/mol. The molecule has 2 aromatic rings. The van der Waals surface area contributed by atoms with Crippen LogP contribution in [0.2, 0.25) is 0 Å². The third-order valence-electron chi connectivity index (χ3n) is 5.76. The summed E-state index contributed by atoms with van der Waals surface area (Å²) in [5.74, 6) is 0.0823. The molecule has 7 nitrogen and oxygen atoms in total. The number of carbonyl (C=O) groups is 1. The lowest BCUT2D eigenvalue weighted by Gasteiger charge is -2.28. The number of ether oxygens (including phenoxy) is 1. The van der Waals surface area contributed by atoms with Crippen LogP contribution in [0, 0.1) is 5.92 Å². The molecule has 0 aliphatic carbocycles. The van der Waals surface area contributed by atoms with Crippen molar-refractivity contribution in [3.05, 3.63) is 34.9 Å². The highest BCUT2D eigenvalue weighted by Crippen LogP contribution is 2.32. The molecule has 3 aliphatic rings. The van der Waals surface area contributed by atoms with Crippen LogP contribution in [-0.4, -0.2) is 67.9 Å². The van der Waals surface area contributed by atoms with E-state index in [0.717, 1.165) is 40.8 Å². The van der Waals surface area contributed by atoms with Crippen molar-refractivity contribution in [1.82, 2.24) is 14.2 Å². The number of sulfonamides is 1. The molecule has 1 fully saturated rings. The molecule has 4 heterocycles. The van der Waals surface area contributed by atoms with Crippen LogP contribution in [0.3, 0.4) is 0 Å². The maximum absolute atomic E-state index is 13.1. The number of nitrogens with zero attached hydrogens (tertiary/aromatic N) is 3. The number of benzene rings is 1. The Balaban J connectivity index is 1.28. The number of amides is 1. The Hall–Kier alpha value is -1.81. The number of thiazole rings is 1. The fourth-order valence-electron chi connectivity index (χ4n) is 4.21. The van der Waals surface area contributed by atoms with Crippen molar-refractivity contribution >= 4 is 37.5 Å². The maximum Gasteiger partial charge on any atom is 0.243 e. The molecule has 1 aromatic carbocycles. The number of hydrogen-bond donors (Lipinski definition) is 0. The lowest BCUT2D eigenvalue weighted by molar-refractivity contribution is -0.138. The monoisotopic (exact) mass is 419 g/mol. The Morgan fingerprint density at radius 3 is 2.68 bits per heavy atom. The zero-order valence-electron chi connectivity index (χ0n) is 15.3. The van der Waals surface area contributed by atoms with Gasteiger partial charge in [-0.05, 0) is 42.2 Å². The fourth-order valence-corrected chi connectivity index (χ4v) is 6.46. The first-order valence-electron chi connectivity index (χ1n) is 9.42. The number of aromatic nitrogens is 1. The molecule has 9 heteroatoms. The highest BCUT2D eigenvalue weighted by Gasteiger charge is 2.39. The molecule has 1 aromatic heterocycles. The molecule has 1 amide bonds. The van der Waals surface area contributed by atoms with Crippen LogP contribution in [0.25, 0.3) is 10.2 Å². The normalized spacial score (nSPS) is 23.6. The molecule has 0 saturated carbocycles. The van der Waals surface area contributed by atoms with Gasteiger partial charge >= 0.3 is 0 Å². The maximum atomic E-state index is 13.1. The van der Waals surface area contributed by atoms with Crippen molar-refractivity contribution in [2.45, 2.75) is 17.7 Å². The lowest BCUT2D eigenvalue weighted by Crippen LogP contribution is -2.41. The second kappa shape index (κ2) is 6.91. The SMILES string of the molecule is O=C(C1CCCOC1)N1CC2=C(C1)CN(S(=O)(=O)c1ccc3ncsc3c1)C2. The molecule has 1 unspecified atom stereocenters. The summed E-state index contributed by atoms with van der Waals surface area (Å²) in [5, 5.41) is 0. The van der Waals surface area contributed by atoms with E-state index in [4.69, 9.17) is 4.74 Å². The van der Waals surface area contributed by atoms with E-state index in [0.29, 0.717) is 37.7 Å². The number of carbonyl (C=O) groups excluding carboxylic acids is 1. The molecular formula is C19H21N3O4S2. The average molecular weight is 420 g/mol. The van der Waals surface area contributed by atoms with Gasteiger partial charge in [-0.25, -0.2) is 13.4 Å². The van der Waals surface area contributed by atoms with E-state index < -0.39 is 10.0 Å². The minimum Gasteiger partial charge on any atom is -0.381 e. The lowest BCUT2D eigenvalue weighted by atomic mass is 10.0. The van der Waals surface area contributed by atoms with Crippen LogP contribution in [0.15, 0.2) is 39.8 Å². The van der Waals surface area contributed by atoms with E-state index in [2.05, 4.69) is 4.98 Å². The Kier molecular flexibility index (Phi) is 4.50. The minimum atomic E-state index is -3.56. The third-order valence-corrected chi connectivity index (χ3v) is 8.34. The first kappa shape index (κ1) is 18.2. The molecule has 5 rings (SSSR count). The Morgan fingerprint density at radius 2 is 1.96 bits per heavy atom. The zero-order valence-corrected chi connectivity index (χ0v) is 17.0. The summed E-state index contributed by atoms with van der Waals surface area (Å²) in [5.41, 5.74) is 4.66. The van der Waals surface area contributed by atoms with Crippen LogP contribution in [0.5, 0.6) is 0 Å². The Bertz CT molecular complexity index is 1050. The van der Waals surface area contributed by atoms with Gasteiger partial charge in [0, 0.05) is 32.8 Å². The van der Waals surface area contributed by atoms with Crippen molar-refractivity contribution in [3.63, 3.8) is 0 Å². The molecule has 0 N–H and O–H groups in total. The van der Waals surface area contributed by atoms with Crippen molar-refractivity contribution in [2.24, 2.45) is 5.92 Å². The van der Waals surface area contributed by atoms with Gasteiger partial charge in [-0.2, -0.15) is 4.31 Å². The standard InChI is InChI=1S/C19H21N3O4S2/c23-19(13-2-1-5-26-11-13)21-7-14-9-22(10-15(14)8-21)28(24,25)16-3-4-17-18(6-16)27-12-20-17/h3-4,6,12-13H,1-2,5,7-11H2. The summed E-state index contributed by atoms with van der Waals surface area (Å²) in [6.07, 6.45) is 1.80. The molecule has 28 heavy (non-hydrogen) atoms. The van der Waals surface area contributed by atoms with Gasteiger partial charge in [0.2, 0.25) is 15.9 Å². The van der Waals surface area contributed by atoms with Gasteiger partial charge < -0.3 is 9.64 Å². The van der Waals surface area contributed by atoms with Gasteiger partial charge in [0.1, 0.15) is 0 Å². The second-order valence-corrected chi connectivity index (χ2v) is 10.4. The quantitative estimate of drug-likeness (QED) is 0.710. The summed E-state index contributed by atoms with van der Waals surface area (Å²) >= 11 is 1.44. The number of fused-ring (bicyclic) bond motifs is 1. The first-order valence-corrected chi connectivity index (χ1v) is 11.7. The molecule has 1 saturated heterocycles. The molecular weight excluding hydrogens is 398 g/mol. The van der Waals surface area contributed by atoms with E-state index in [1.807, 2.05) is 4.90 Å². The zero-order chi connectivity index (χ0) is 19.3. The van der Waals surface area contributed by atoms with E-state index >= 15 is 0 Å². The van der Waals surface area contributed by atoms with Gasteiger partial charge in [-0.1, -0.05) is 0 Å². The summed E-state index contributed by atoms with van der Waals surface area (Å²) in [4.78, 5) is 19.1. The third kappa shape index (κ3) is 3.06. The fraction of sp³-hybridized carbons (Fsp3) is 0.474. The van der Waals surface area contributed by atoms with Gasteiger partial charge in [0.25, 0.3) is 0 Å². The smallest absolute Gasteiger partial charge is 0.243 e. The number of rotatable bonds is 3. The van der Waals surface area contributed by atoms with E-state index in [1.54, 1.807) is 23.7 Å².